The Kier molecular flexibility index (Phi) is 6.74. The molecule has 1 unspecified atom stereocenters. The van der Waals surface area contributed by atoms with Crippen LogP contribution in [0.2, 0.25) is 0 Å². The Labute approximate surface area is 185 Å². The molecule has 3 aromatic rings. The topological polar surface area (TPSA) is 29.5 Å². The first kappa shape index (κ1) is 24.6. The number of hydrogen-bond acceptors (Lipinski definition) is 2. The van der Waals surface area contributed by atoms with E-state index in [4.69, 9.17) is 0 Å². The van der Waals surface area contributed by atoms with Crippen molar-refractivity contribution in [2.45, 2.75) is 39.4 Å². The number of ether oxygens (including phenoxy) is 1. The smallest absolute Gasteiger partial charge is 0.429 e. The highest BCUT2D eigenvalue weighted by Gasteiger charge is 2.41. The van der Waals surface area contributed by atoms with Crippen LogP contribution in [0.15, 0.2) is 36.4 Å². The third-order valence-electron chi connectivity index (χ3n) is 5.18. The van der Waals surface area contributed by atoms with Gasteiger partial charge in [0.05, 0.1) is 6.10 Å². The molecule has 0 aromatic heterocycles. The van der Waals surface area contributed by atoms with E-state index in [9.17, 15) is 35.8 Å². The number of halogens is 7. The summed E-state index contributed by atoms with van der Waals surface area (Å²) in [5.74, 6) is -10.00. The summed E-state index contributed by atoms with van der Waals surface area (Å²) in [4.78, 5) is 0. The SMILES string of the molecule is CCC(O)c1c(C)cc(-c2cc(F)c(C(F)(F)Oc3cc(F)c(F)c(F)c3)c(F)c2)cc1C. The minimum Gasteiger partial charge on any atom is -0.429 e. The van der Waals surface area contributed by atoms with Gasteiger partial charge in [-0.25, -0.2) is 22.0 Å². The molecule has 0 spiro atoms. The Morgan fingerprint density at radius 1 is 0.788 bits per heavy atom. The standard InChI is InChI=1S/C24H19F7O2/c1-4-20(32)21-11(2)5-13(6-12(21)3)14-7-16(25)22(17(26)8-14)24(30,31)33-15-9-18(27)23(29)19(28)10-15/h5-10,20,32H,4H2,1-3H3. The molecule has 0 aliphatic carbocycles. The first-order chi connectivity index (χ1) is 15.4. The molecule has 1 N–H and O–H groups in total. The second kappa shape index (κ2) is 9.05. The maximum Gasteiger partial charge on any atom is 0.432 e. The van der Waals surface area contributed by atoms with Crippen molar-refractivity contribution in [1.82, 2.24) is 0 Å². The van der Waals surface area contributed by atoms with Crippen molar-refractivity contribution in [2.24, 2.45) is 0 Å². The number of hydrogen-bond donors (Lipinski definition) is 1. The lowest BCUT2D eigenvalue weighted by molar-refractivity contribution is -0.189. The van der Waals surface area contributed by atoms with Crippen molar-refractivity contribution in [3.8, 4) is 16.9 Å². The van der Waals surface area contributed by atoms with Crippen LogP contribution in [0.4, 0.5) is 30.7 Å². The van der Waals surface area contributed by atoms with E-state index in [1.165, 1.54) is 0 Å². The second-order valence-electron chi connectivity index (χ2n) is 7.58. The molecule has 33 heavy (non-hydrogen) atoms. The zero-order chi connectivity index (χ0) is 24.7. The minimum absolute atomic E-state index is 0.0489. The van der Waals surface area contributed by atoms with Gasteiger partial charge in [-0.15, -0.1) is 0 Å². The molecule has 9 heteroatoms. The highest BCUT2D eigenvalue weighted by molar-refractivity contribution is 5.67. The molecule has 0 amide bonds. The van der Waals surface area contributed by atoms with Gasteiger partial charge in [0.1, 0.15) is 22.9 Å². The van der Waals surface area contributed by atoms with Gasteiger partial charge in [-0.1, -0.05) is 19.1 Å². The van der Waals surface area contributed by atoms with Crippen LogP contribution in [0.1, 0.15) is 41.7 Å². The first-order valence-electron chi connectivity index (χ1n) is 9.86. The van der Waals surface area contributed by atoms with E-state index in [1.807, 2.05) is 0 Å². The van der Waals surface area contributed by atoms with Crippen LogP contribution < -0.4 is 4.74 Å². The van der Waals surface area contributed by atoms with E-state index >= 15 is 0 Å². The van der Waals surface area contributed by atoms with Crippen molar-refractivity contribution in [3.63, 3.8) is 0 Å². The van der Waals surface area contributed by atoms with Crippen LogP contribution in [0.3, 0.4) is 0 Å². The van der Waals surface area contributed by atoms with Crippen molar-refractivity contribution in [3.05, 3.63) is 87.7 Å². The molecule has 0 bridgehead atoms. The van der Waals surface area contributed by atoms with Gasteiger partial charge < -0.3 is 9.84 Å². The van der Waals surface area contributed by atoms with Crippen molar-refractivity contribution in [2.75, 3.05) is 0 Å². The number of aliphatic hydroxyl groups is 1. The Balaban J connectivity index is 2.01. The van der Waals surface area contributed by atoms with Crippen LogP contribution in [0, 0.1) is 42.9 Å². The molecule has 2 nitrogen and oxygen atoms in total. The lowest BCUT2D eigenvalue weighted by atomic mass is 9.91. The molecule has 0 saturated carbocycles. The first-order valence-corrected chi connectivity index (χ1v) is 9.86. The van der Waals surface area contributed by atoms with Gasteiger partial charge in [0.2, 0.25) is 0 Å². The summed E-state index contributed by atoms with van der Waals surface area (Å²) in [6.45, 7) is 5.20. The molecule has 0 saturated heterocycles. The Hall–Kier alpha value is -3.07. The van der Waals surface area contributed by atoms with E-state index in [-0.39, 0.29) is 17.7 Å². The van der Waals surface area contributed by atoms with Crippen LogP contribution in [0.25, 0.3) is 11.1 Å². The van der Waals surface area contributed by atoms with E-state index < -0.39 is 52.6 Å². The predicted molar refractivity (Wildman–Crippen MR) is 107 cm³/mol. The second-order valence-corrected chi connectivity index (χ2v) is 7.58. The van der Waals surface area contributed by atoms with Gasteiger partial charge in [-0.05, 0) is 60.2 Å². The lowest BCUT2D eigenvalue weighted by Gasteiger charge is -2.21. The van der Waals surface area contributed by atoms with E-state index in [1.54, 1.807) is 32.9 Å². The zero-order valence-electron chi connectivity index (χ0n) is 17.7. The molecule has 3 aromatic carbocycles. The highest BCUT2D eigenvalue weighted by Crippen LogP contribution is 2.38. The average molecular weight is 472 g/mol. The number of aryl methyl sites for hydroxylation is 2. The summed E-state index contributed by atoms with van der Waals surface area (Å²) in [5, 5.41) is 10.2. The summed E-state index contributed by atoms with van der Waals surface area (Å²) in [6, 6.07) is 4.74. The van der Waals surface area contributed by atoms with E-state index in [0.29, 0.717) is 40.8 Å². The van der Waals surface area contributed by atoms with Crippen LogP contribution in [-0.4, -0.2) is 5.11 Å². The number of aliphatic hydroxyl groups excluding tert-OH is 1. The van der Waals surface area contributed by atoms with Crippen LogP contribution in [0.5, 0.6) is 5.75 Å². The molecule has 0 aliphatic heterocycles. The molecular weight excluding hydrogens is 453 g/mol. The van der Waals surface area contributed by atoms with Crippen molar-refractivity contribution >= 4 is 0 Å². The normalized spacial score (nSPS) is 12.7. The largest absolute Gasteiger partial charge is 0.432 e. The third kappa shape index (κ3) is 4.83. The fraction of sp³-hybridized carbons (Fsp3) is 0.250. The van der Waals surface area contributed by atoms with Gasteiger partial charge in [-0.2, -0.15) is 8.78 Å². The Morgan fingerprint density at radius 2 is 1.24 bits per heavy atom. The fourth-order valence-corrected chi connectivity index (χ4v) is 3.68. The van der Waals surface area contributed by atoms with Crippen LogP contribution >= 0.6 is 0 Å². The predicted octanol–water partition coefficient (Wildman–Crippen LogP) is 7.24. The molecule has 0 fully saturated rings. The fourth-order valence-electron chi connectivity index (χ4n) is 3.68. The summed E-state index contributed by atoms with van der Waals surface area (Å²) < 4.78 is 102. The number of alkyl halides is 2. The van der Waals surface area contributed by atoms with Crippen molar-refractivity contribution in [1.29, 1.82) is 0 Å². The molecular formula is C24H19F7O2. The Bertz CT molecular complexity index is 1140. The lowest BCUT2D eigenvalue weighted by Crippen LogP contribution is -2.25. The summed E-state index contributed by atoms with van der Waals surface area (Å²) in [5.41, 5.74) is 0.470. The highest BCUT2D eigenvalue weighted by atomic mass is 19.3. The summed E-state index contributed by atoms with van der Waals surface area (Å²) >= 11 is 0. The van der Waals surface area contributed by atoms with Gasteiger partial charge >= 0.3 is 6.11 Å². The maximum absolute atomic E-state index is 14.6. The van der Waals surface area contributed by atoms with Crippen LogP contribution in [-0.2, 0) is 6.11 Å². The van der Waals surface area contributed by atoms with Crippen molar-refractivity contribution < 1.29 is 40.6 Å². The van der Waals surface area contributed by atoms with E-state index in [0.717, 1.165) is 0 Å². The molecule has 3 rings (SSSR count). The van der Waals surface area contributed by atoms with Gasteiger partial charge in [0, 0.05) is 12.1 Å². The summed E-state index contributed by atoms with van der Waals surface area (Å²) in [6.07, 6.45) is -4.94. The summed E-state index contributed by atoms with van der Waals surface area (Å²) in [7, 11) is 0. The number of rotatable bonds is 6. The molecule has 176 valence electrons. The minimum atomic E-state index is -4.66. The molecule has 1 atom stereocenters. The number of benzene rings is 3. The average Bonchev–Trinajstić information content (AvgIpc) is 2.70. The molecule has 0 heterocycles. The zero-order valence-corrected chi connectivity index (χ0v) is 17.7. The maximum atomic E-state index is 14.6. The third-order valence-corrected chi connectivity index (χ3v) is 5.18. The molecule has 0 radical (unpaired) electrons. The monoisotopic (exact) mass is 472 g/mol. The van der Waals surface area contributed by atoms with Gasteiger partial charge in [-0.3, -0.25) is 0 Å². The van der Waals surface area contributed by atoms with Gasteiger partial charge in [0.15, 0.2) is 17.5 Å². The quantitative estimate of drug-likeness (QED) is 0.303. The van der Waals surface area contributed by atoms with Gasteiger partial charge in [0.25, 0.3) is 0 Å². The van der Waals surface area contributed by atoms with E-state index in [2.05, 4.69) is 4.74 Å². The molecule has 0 aliphatic rings. The Morgan fingerprint density at radius 3 is 1.70 bits per heavy atom.